The van der Waals surface area contributed by atoms with Crippen LogP contribution in [0.2, 0.25) is 0 Å². The van der Waals surface area contributed by atoms with Gasteiger partial charge in [-0.25, -0.2) is 14.4 Å². The molecule has 0 saturated heterocycles. The van der Waals surface area contributed by atoms with Gasteiger partial charge < -0.3 is 4.74 Å². The first kappa shape index (κ1) is 13.8. The SMILES string of the molecule is COc1ccc(-c2cnc(C(F)(F)Br)nc2)c(F)c1. The number of methoxy groups -OCH3 is 1. The average Bonchev–Trinajstić information content (AvgIpc) is 2.37. The molecule has 0 amide bonds. The fourth-order valence-electron chi connectivity index (χ4n) is 1.47. The lowest BCUT2D eigenvalue weighted by molar-refractivity contribution is 0.104. The van der Waals surface area contributed by atoms with Gasteiger partial charge in [-0.3, -0.25) is 0 Å². The Hall–Kier alpha value is -1.63. The summed E-state index contributed by atoms with van der Waals surface area (Å²) in [5.41, 5.74) is 0.519. The molecule has 1 aromatic heterocycles. The number of hydrogen-bond acceptors (Lipinski definition) is 3. The van der Waals surface area contributed by atoms with Crippen LogP contribution in [0.3, 0.4) is 0 Å². The van der Waals surface area contributed by atoms with Crippen LogP contribution in [0.1, 0.15) is 5.82 Å². The van der Waals surface area contributed by atoms with Gasteiger partial charge in [0.2, 0.25) is 5.82 Å². The summed E-state index contributed by atoms with van der Waals surface area (Å²) in [7, 11) is 1.42. The highest BCUT2D eigenvalue weighted by atomic mass is 79.9. The van der Waals surface area contributed by atoms with Crippen molar-refractivity contribution in [2.45, 2.75) is 4.83 Å². The molecule has 100 valence electrons. The van der Waals surface area contributed by atoms with Gasteiger partial charge in [0, 0.05) is 29.6 Å². The molecule has 0 radical (unpaired) electrons. The van der Waals surface area contributed by atoms with Crippen molar-refractivity contribution >= 4 is 15.9 Å². The average molecular weight is 333 g/mol. The smallest absolute Gasteiger partial charge is 0.359 e. The summed E-state index contributed by atoms with van der Waals surface area (Å²) in [5, 5.41) is 0. The normalized spacial score (nSPS) is 11.4. The molecule has 1 aromatic carbocycles. The fourth-order valence-corrected chi connectivity index (χ4v) is 1.68. The van der Waals surface area contributed by atoms with Crippen molar-refractivity contribution in [3.63, 3.8) is 0 Å². The summed E-state index contributed by atoms with van der Waals surface area (Å²) >= 11 is 2.15. The quantitative estimate of drug-likeness (QED) is 0.803. The fraction of sp³-hybridized carbons (Fsp3) is 0.167. The molecule has 0 saturated carbocycles. The Kier molecular flexibility index (Phi) is 3.75. The Balaban J connectivity index is 2.37. The van der Waals surface area contributed by atoms with Gasteiger partial charge in [0.15, 0.2) is 0 Å². The van der Waals surface area contributed by atoms with Crippen LogP contribution >= 0.6 is 15.9 Å². The molecule has 2 rings (SSSR count). The van der Waals surface area contributed by atoms with Gasteiger partial charge >= 0.3 is 4.83 Å². The zero-order chi connectivity index (χ0) is 14.0. The number of alkyl halides is 3. The molecule has 3 nitrogen and oxygen atoms in total. The Morgan fingerprint density at radius 2 is 1.84 bits per heavy atom. The van der Waals surface area contributed by atoms with Gasteiger partial charge in [-0.2, -0.15) is 8.78 Å². The van der Waals surface area contributed by atoms with E-state index in [9.17, 15) is 13.2 Å². The van der Waals surface area contributed by atoms with E-state index in [1.54, 1.807) is 6.07 Å². The second kappa shape index (κ2) is 5.16. The molecule has 0 aliphatic carbocycles. The highest BCUT2D eigenvalue weighted by molar-refractivity contribution is 9.09. The van der Waals surface area contributed by atoms with Crippen LogP contribution in [-0.4, -0.2) is 17.1 Å². The van der Waals surface area contributed by atoms with Gasteiger partial charge in [0.05, 0.1) is 7.11 Å². The van der Waals surface area contributed by atoms with Crippen LogP contribution in [0.15, 0.2) is 30.6 Å². The van der Waals surface area contributed by atoms with Crippen molar-refractivity contribution < 1.29 is 17.9 Å². The first-order valence-corrected chi connectivity index (χ1v) is 5.94. The molecule has 0 N–H and O–H groups in total. The van der Waals surface area contributed by atoms with E-state index in [0.717, 1.165) is 12.4 Å². The summed E-state index contributed by atoms with van der Waals surface area (Å²) in [4.78, 5) is 3.71. The number of benzene rings is 1. The minimum Gasteiger partial charge on any atom is -0.497 e. The van der Waals surface area contributed by atoms with E-state index in [4.69, 9.17) is 4.74 Å². The van der Waals surface area contributed by atoms with E-state index in [-0.39, 0.29) is 5.56 Å². The molecule has 0 unspecified atom stereocenters. The lowest BCUT2D eigenvalue weighted by Gasteiger charge is -2.08. The molecular formula is C12H8BrF3N2O. The molecule has 1 heterocycles. The number of hydrogen-bond donors (Lipinski definition) is 0. The van der Waals surface area contributed by atoms with Gasteiger partial charge in [0.25, 0.3) is 0 Å². The van der Waals surface area contributed by atoms with Crippen molar-refractivity contribution in [2.24, 2.45) is 0 Å². The minimum atomic E-state index is -3.30. The summed E-state index contributed by atoms with van der Waals surface area (Å²) in [6, 6.07) is 4.23. The van der Waals surface area contributed by atoms with Crippen molar-refractivity contribution in [3.05, 3.63) is 42.2 Å². The molecule has 7 heteroatoms. The van der Waals surface area contributed by atoms with Crippen LogP contribution in [0.4, 0.5) is 13.2 Å². The Morgan fingerprint density at radius 1 is 1.21 bits per heavy atom. The molecule has 0 spiro atoms. The van der Waals surface area contributed by atoms with Gasteiger partial charge in [0.1, 0.15) is 11.6 Å². The maximum atomic E-state index is 13.8. The largest absolute Gasteiger partial charge is 0.497 e. The van der Waals surface area contributed by atoms with E-state index in [1.165, 1.54) is 19.2 Å². The molecule has 2 aromatic rings. The highest BCUT2D eigenvalue weighted by Gasteiger charge is 2.30. The minimum absolute atomic E-state index is 0.213. The van der Waals surface area contributed by atoms with Gasteiger partial charge in [-0.1, -0.05) is 0 Å². The van der Waals surface area contributed by atoms with Gasteiger partial charge in [-0.15, -0.1) is 0 Å². The van der Waals surface area contributed by atoms with E-state index >= 15 is 0 Å². The predicted octanol–water partition coefficient (Wildman–Crippen LogP) is 3.74. The van der Waals surface area contributed by atoms with E-state index in [1.807, 2.05) is 0 Å². The van der Waals surface area contributed by atoms with Crippen molar-refractivity contribution in [1.29, 1.82) is 0 Å². The molecule has 0 atom stereocenters. The molecule has 0 aliphatic rings. The summed E-state index contributed by atoms with van der Waals surface area (Å²) in [5.74, 6) is -0.850. The van der Waals surface area contributed by atoms with Crippen molar-refractivity contribution in [1.82, 2.24) is 9.97 Å². The number of nitrogens with zero attached hydrogens (tertiary/aromatic N) is 2. The Labute approximate surface area is 115 Å². The highest BCUT2D eigenvalue weighted by Crippen LogP contribution is 2.32. The van der Waals surface area contributed by atoms with Crippen LogP contribution < -0.4 is 4.74 Å². The van der Waals surface area contributed by atoms with Crippen LogP contribution in [0.25, 0.3) is 11.1 Å². The second-order valence-electron chi connectivity index (χ2n) is 3.64. The van der Waals surface area contributed by atoms with Crippen molar-refractivity contribution in [2.75, 3.05) is 7.11 Å². The zero-order valence-corrected chi connectivity index (χ0v) is 11.3. The number of rotatable bonds is 3. The first-order valence-electron chi connectivity index (χ1n) is 5.15. The van der Waals surface area contributed by atoms with Crippen LogP contribution in [-0.2, 0) is 4.83 Å². The maximum absolute atomic E-state index is 13.8. The summed E-state index contributed by atoms with van der Waals surface area (Å²) in [6.45, 7) is 0. The van der Waals surface area contributed by atoms with E-state index in [0.29, 0.717) is 11.3 Å². The number of halogens is 4. The Bertz CT molecular complexity index is 585. The standard InChI is InChI=1S/C12H8BrF3N2O/c1-19-8-2-3-9(10(14)4-8)7-5-17-11(18-6-7)12(13,15)16/h2-6H,1H3. The number of aromatic nitrogens is 2. The zero-order valence-electron chi connectivity index (χ0n) is 9.70. The summed E-state index contributed by atoms with van der Waals surface area (Å²) in [6.07, 6.45) is 2.28. The lowest BCUT2D eigenvalue weighted by atomic mass is 10.1. The van der Waals surface area contributed by atoms with Crippen LogP contribution in [0.5, 0.6) is 5.75 Å². The van der Waals surface area contributed by atoms with E-state index in [2.05, 4.69) is 25.9 Å². The van der Waals surface area contributed by atoms with Crippen molar-refractivity contribution in [3.8, 4) is 16.9 Å². The predicted molar refractivity (Wildman–Crippen MR) is 66.8 cm³/mol. The van der Waals surface area contributed by atoms with Crippen LogP contribution in [0, 0.1) is 5.82 Å². The maximum Gasteiger partial charge on any atom is 0.359 e. The monoisotopic (exact) mass is 332 g/mol. The molecular weight excluding hydrogens is 325 g/mol. The summed E-state index contributed by atoms with van der Waals surface area (Å²) < 4.78 is 44.4. The third-order valence-corrected chi connectivity index (χ3v) is 2.75. The topological polar surface area (TPSA) is 35.0 Å². The lowest BCUT2D eigenvalue weighted by Crippen LogP contribution is -2.08. The van der Waals surface area contributed by atoms with E-state index < -0.39 is 16.5 Å². The molecule has 19 heavy (non-hydrogen) atoms. The number of ether oxygens (including phenoxy) is 1. The molecule has 0 aliphatic heterocycles. The Morgan fingerprint density at radius 3 is 2.32 bits per heavy atom. The third kappa shape index (κ3) is 3.04. The molecule has 0 bridgehead atoms. The second-order valence-corrected chi connectivity index (χ2v) is 4.63. The third-order valence-electron chi connectivity index (χ3n) is 2.39. The first-order chi connectivity index (χ1) is 8.91. The molecule has 0 fully saturated rings. The van der Waals surface area contributed by atoms with Gasteiger partial charge in [-0.05, 0) is 28.1 Å².